The lowest BCUT2D eigenvalue weighted by Crippen LogP contribution is -2.10. The Balaban J connectivity index is 1.85. The van der Waals surface area contributed by atoms with Crippen LogP contribution in [0.15, 0.2) is 52.9 Å². The molecule has 6 heteroatoms. The van der Waals surface area contributed by atoms with E-state index in [0.29, 0.717) is 21.7 Å². The number of esters is 1. The highest BCUT2D eigenvalue weighted by atomic mass is 35.5. The second kappa shape index (κ2) is 6.44. The SMILES string of the molecule is Cc1oc(-c2ccccc2)nc1C(=O)Oc1ccc(Cl)c(Cl)c1. The highest BCUT2D eigenvalue weighted by Gasteiger charge is 2.20. The molecule has 1 heterocycles. The third-order valence-corrected chi connectivity index (χ3v) is 3.85. The molecule has 0 N–H and O–H groups in total. The Kier molecular flexibility index (Phi) is 4.37. The Bertz CT molecular complexity index is 860. The molecule has 0 atom stereocenters. The van der Waals surface area contributed by atoms with Crippen LogP contribution in [0.25, 0.3) is 11.5 Å². The van der Waals surface area contributed by atoms with Crippen molar-refractivity contribution in [3.63, 3.8) is 0 Å². The largest absolute Gasteiger partial charge is 0.441 e. The van der Waals surface area contributed by atoms with Crippen molar-refractivity contribution in [2.24, 2.45) is 0 Å². The number of hydrogen-bond donors (Lipinski definition) is 0. The topological polar surface area (TPSA) is 52.3 Å². The number of halogens is 2. The van der Waals surface area contributed by atoms with Gasteiger partial charge in [0.2, 0.25) is 5.89 Å². The number of benzene rings is 2. The molecule has 0 bridgehead atoms. The number of carbonyl (C=O) groups excluding carboxylic acids is 1. The molecule has 0 saturated heterocycles. The van der Waals surface area contributed by atoms with E-state index in [1.807, 2.05) is 30.3 Å². The zero-order valence-corrected chi connectivity index (χ0v) is 13.6. The van der Waals surface area contributed by atoms with Crippen molar-refractivity contribution in [1.82, 2.24) is 4.98 Å². The lowest BCUT2D eigenvalue weighted by atomic mass is 10.2. The van der Waals surface area contributed by atoms with Crippen LogP contribution in [-0.2, 0) is 0 Å². The van der Waals surface area contributed by atoms with Gasteiger partial charge in [-0.05, 0) is 31.2 Å². The number of rotatable bonds is 3. The molecule has 3 rings (SSSR count). The molecule has 2 aromatic carbocycles. The Hall–Kier alpha value is -2.30. The second-order valence-electron chi connectivity index (χ2n) is 4.76. The molecular formula is C17H11Cl2NO3. The summed E-state index contributed by atoms with van der Waals surface area (Å²) < 4.78 is 10.8. The number of nitrogens with zero attached hydrogens (tertiary/aromatic N) is 1. The summed E-state index contributed by atoms with van der Waals surface area (Å²) in [6, 6.07) is 13.9. The molecule has 4 nitrogen and oxygen atoms in total. The molecule has 0 aliphatic carbocycles. The highest BCUT2D eigenvalue weighted by Crippen LogP contribution is 2.27. The van der Waals surface area contributed by atoms with Crippen molar-refractivity contribution in [2.45, 2.75) is 6.92 Å². The van der Waals surface area contributed by atoms with Crippen LogP contribution in [0.5, 0.6) is 5.75 Å². The van der Waals surface area contributed by atoms with E-state index in [-0.39, 0.29) is 11.4 Å². The van der Waals surface area contributed by atoms with E-state index in [1.165, 1.54) is 6.07 Å². The van der Waals surface area contributed by atoms with Crippen molar-refractivity contribution in [3.05, 3.63) is 70.0 Å². The monoisotopic (exact) mass is 347 g/mol. The fraction of sp³-hybridized carbons (Fsp3) is 0.0588. The Morgan fingerprint density at radius 1 is 1.09 bits per heavy atom. The normalized spacial score (nSPS) is 10.6. The van der Waals surface area contributed by atoms with Crippen LogP contribution in [0.1, 0.15) is 16.2 Å². The van der Waals surface area contributed by atoms with Gasteiger partial charge in [0.1, 0.15) is 11.5 Å². The summed E-state index contributed by atoms with van der Waals surface area (Å²) in [7, 11) is 0. The first kappa shape index (κ1) is 15.6. The zero-order valence-electron chi connectivity index (χ0n) is 12.0. The van der Waals surface area contributed by atoms with Crippen LogP contribution < -0.4 is 4.74 Å². The number of aromatic nitrogens is 1. The lowest BCUT2D eigenvalue weighted by molar-refractivity contribution is 0.0727. The van der Waals surface area contributed by atoms with Crippen LogP contribution in [0.4, 0.5) is 0 Å². The standard InChI is InChI=1S/C17H11Cl2NO3/c1-10-15(20-16(22-10)11-5-3-2-4-6-11)17(21)23-12-7-8-13(18)14(19)9-12/h2-9H,1H3. The molecule has 0 aliphatic heterocycles. The van der Waals surface area contributed by atoms with Gasteiger partial charge in [-0.15, -0.1) is 0 Å². The minimum absolute atomic E-state index is 0.120. The number of ether oxygens (including phenoxy) is 1. The minimum Gasteiger partial charge on any atom is -0.441 e. The van der Waals surface area contributed by atoms with Crippen LogP contribution >= 0.6 is 23.2 Å². The molecule has 0 unspecified atom stereocenters. The van der Waals surface area contributed by atoms with Gasteiger partial charge in [0, 0.05) is 11.6 Å². The predicted molar refractivity (Wildman–Crippen MR) is 88.1 cm³/mol. The highest BCUT2D eigenvalue weighted by molar-refractivity contribution is 6.42. The lowest BCUT2D eigenvalue weighted by Gasteiger charge is -2.03. The first-order chi connectivity index (χ1) is 11.0. The van der Waals surface area contributed by atoms with E-state index in [4.69, 9.17) is 32.4 Å². The third-order valence-electron chi connectivity index (χ3n) is 3.11. The summed E-state index contributed by atoms with van der Waals surface area (Å²) in [6.07, 6.45) is 0. The number of hydrogen-bond acceptors (Lipinski definition) is 4. The maximum atomic E-state index is 12.3. The van der Waals surface area contributed by atoms with E-state index in [9.17, 15) is 4.79 Å². The number of aryl methyl sites for hydroxylation is 1. The van der Waals surface area contributed by atoms with E-state index in [2.05, 4.69) is 4.98 Å². The average Bonchev–Trinajstić information content (AvgIpc) is 2.94. The molecule has 1 aromatic heterocycles. The molecule has 23 heavy (non-hydrogen) atoms. The molecular weight excluding hydrogens is 337 g/mol. The van der Waals surface area contributed by atoms with Gasteiger partial charge in [-0.1, -0.05) is 41.4 Å². The van der Waals surface area contributed by atoms with Gasteiger partial charge in [-0.25, -0.2) is 9.78 Å². The number of carbonyl (C=O) groups is 1. The summed E-state index contributed by atoms with van der Waals surface area (Å²) in [5.74, 6) is 0.415. The molecule has 0 aliphatic rings. The minimum atomic E-state index is -0.619. The maximum absolute atomic E-state index is 12.3. The summed E-state index contributed by atoms with van der Waals surface area (Å²) in [5, 5.41) is 0.689. The fourth-order valence-corrected chi connectivity index (χ4v) is 2.27. The van der Waals surface area contributed by atoms with Gasteiger partial charge in [0.15, 0.2) is 5.69 Å². The fourth-order valence-electron chi connectivity index (χ4n) is 1.99. The summed E-state index contributed by atoms with van der Waals surface area (Å²) in [4.78, 5) is 16.5. The van der Waals surface area contributed by atoms with Gasteiger partial charge in [-0.3, -0.25) is 0 Å². The molecule has 0 spiro atoms. The van der Waals surface area contributed by atoms with Crippen molar-refractivity contribution < 1.29 is 13.9 Å². The number of oxazole rings is 1. The molecule has 116 valence electrons. The van der Waals surface area contributed by atoms with E-state index >= 15 is 0 Å². The van der Waals surface area contributed by atoms with E-state index in [0.717, 1.165) is 5.56 Å². The zero-order chi connectivity index (χ0) is 16.4. The Labute approximate surface area is 142 Å². The van der Waals surface area contributed by atoms with Gasteiger partial charge in [-0.2, -0.15) is 0 Å². The first-order valence-corrected chi connectivity index (χ1v) is 7.50. The predicted octanol–water partition coefficient (Wildman–Crippen LogP) is 5.18. The summed E-state index contributed by atoms with van der Waals surface area (Å²) in [6.45, 7) is 1.66. The Morgan fingerprint density at radius 3 is 2.52 bits per heavy atom. The van der Waals surface area contributed by atoms with E-state index in [1.54, 1.807) is 19.1 Å². The van der Waals surface area contributed by atoms with Crippen molar-refractivity contribution >= 4 is 29.2 Å². The quantitative estimate of drug-likeness (QED) is 0.484. The van der Waals surface area contributed by atoms with Gasteiger partial charge >= 0.3 is 5.97 Å². The molecule has 0 radical (unpaired) electrons. The van der Waals surface area contributed by atoms with Crippen molar-refractivity contribution in [3.8, 4) is 17.2 Å². The molecule has 0 saturated carbocycles. The van der Waals surface area contributed by atoms with Gasteiger partial charge < -0.3 is 9.15 Å². The van der Waals surface area contributed by atoms with E-state index < -0.39 is 5.97 Å². The van der Waals surface area contributed by atoms with Crippen molar-refractivity contribution in [1.29, 1.82) is 0 Å². The maximum Gasteiger partial charge on any atom is 0.366 e. The average molecular weight is 348 g/mol. The summed E-state index contributed by atoms with van der Waals surface area (Å²) in [5.41, 5.74) is 0.902. The third kappa shape index (κ3) is 3.38. The van der Waals surface area contributed by atoms with Gasteiger partial charge in [0.25, 0.3) is 0 Å². The second-order valence-corrected chi connectivity index (χ2v) is 5.57. The smallest absolute Gasteiger partial charge is 0.366 e. The molecule has 0 amide bonds. The van der Waals surface area contributed by atoms with Gasteiger partial charge in [0.05, 0.1) is 10.0 Å². The Morgan fingerprint density at radius 2 is 1.83 bits per heavy atom. The summed E-state index contributed by atoms with van der Waals surface area (Å²) >= 11 is 11.7. The van der Waals surface area contributed by atoms with Crippen LogP contribution in [0.3, 0.4) is 0 Å². The van der Waals surface area contributed by atoms with Crippen molar-refractivity contribution in [2.75, 3.05) is 0 Å². The van der Waals surface area contributed by atoms with Crippen LogP contribution in [-0.4, -0.2) is 11.0 Å². The van der Waals surface area contributed by atoms with Crippen LogP contribution in [0.2, 0.25) is 10.0 Å². The molecule has 0 fully saturated rings. The molecule has 3 aromatic rings. The first-order valence-electron chi connectivity index (χ1n) is 6.74. The van der Waals surface area contributed by atoms with Crippen LogP contribution in [0, 0.1) is 6.92 Å².